The van der Waals surface area contributed by atoms with Crippen LogP contribution in [0.5, 0.6) is 0 Å². The van der Waals surface area contributed by atoms with Crippen molar-refractivity contribution >= 4 is 27.5 Å². The number of aromatic carboxylic acids is 1. The number of carboxylic acids is 1. The molecule has 3 rings (SSSR count). The summed E-state index contributed by atoms with van der Waals surface area (Å²) in [4.78, 5) is 16.1. The summed E-state index contributed by atoms with van der Waals surface area (Å²) in [5.74, 6) is -0.966. The summed E-state index contributed by atoms with van der Waals surface area (Å²) in [6.45, 7) is 2.92. The van der Waals surface area contributed by atoms with Gasteiger partial charge in [0, 0.05) is 17.5 Å². The highest BCUT2D eigenvalue weighted by Gasteiger charge is 2.30. The third-order valence-corrected chi connectivity index (χ3v) is 4.71. The molecule has 0 amide bonds. The van der Waals surface area contributed by atoms with Crippen LogP contribution in [0, 0.1) is 0 Å². The van der Waals surface area contributed by atoms with Crippen LogP contribution in [0.4, 0.5) is 0 Å². The molecular weight excluding hydrogens is 260 g/mol. The SMILES string of the molecule is CC1(NCc2cc(C(=O)O)nc3sccc23)CCC1. The second-order valence-electron chi connectivity index (χ2n) is 5.38. The molecule has 0 spiro atoms. The lowest BCUT2D eigenvalue weighted by atomic mass is 9.78. The van der Waals surface area contributed by atoms with Gasteiger partial charge in [-0.1, -0.05) is 0 Å². The fraction of sp³-hybridized carbons (Fsp3) is 0.429. The van der Waals surface area contributed by atoms with E-state index in [0.29, 0.717) is 6.54 Å². The van der Waals surface area contributed by atoms with Crippen molar-refractivity contribution in [3.8, 4) is 0 Å². The van der Waals surface area contributed by atoms with E-state index in [4.69, 9.17) is 5.11 Å². The molecule has 0 saturated heterocycles. The third kappa shape index (κ3) is 2.35. The smallest absolute Gasteiger partial charge is 0.354 e. The summed E-state index contributed by atoms with van der Waals surface area (Å²) < 4.78 is 0. The van der Waals surface area contributed by atoms with E-state index in [1.807, 2.05) is 11.4 Å². The largest absolute Gasteiger partial charge is 0.477 e. The van der Waals surface area contributed by atoms with Crippen LogP contribution in [0.25, 0.3) is 10.2 Å². The number of carboxylic acid groups (broad SMARTS) is 1. The molecule has 0 atom stereocenters. The number of thiophene rings is 1. The maximum absolute atomic E-state index is 11.1. The Labute approximate surface area is 115 Å². The predicted molar refractivity (Wildman–Crippen MR) is 75.7 cm³/mol. The van der Waals surface area contributed by atoms with Gasteiger partial charge in [0.05, 0.1) is 0 Å². The molecule has 2 heterocycles. The van der Waals surface area contributed by atoms with E-state index in [1.165, 1.54) is 30.6 Å². The molecule has 0 aliphatic heterocycles. The van der Waals surface area contributed by atoms with Crippen LogP contribution >= 0.6 is 11.3 Å². The molecule has 0 aromatic carbocycles. The van der Waals surface area contributed by atoms with Crippen LogP contribution < -0.4 is 5.32 Å². The number of carbonyl (C=O) groups is 1. The number of pyridine rings is 1. The van der Waals surface area contributed by atoms with Gasteiger partial charge < -0.3 is 10.4 Å². The summed E-state index contributed by atoms with van der Waals surface area (Å²) in [7, 11) is 0. The first-order valence-corrected chi connectivity index (χ1v) is 7.31. The van der Waals surface area contributed by atoms with Gasteiger partial charge in [0.25, 0.3) is 0 Å². The van der Waals surface area contributed by atoms with Crippen molar-refractivity contribution in [1.29, 1.82) is 0 Å². The van der Waals surface area contributed by atoms with Crippen molar-refractivity contribution in [1.82, 2.24) is 10.3 Å². The van der Waals surface area contributed by atoms with E-state index in [1.54, 1.807) is 6.07 Å². The molecule has 19 heavy (non-hydrogen) atoms. The maximum atomic E-state index is 11.1. The van der Waals surface area contributed by atoms with Gasteiger partial charge in [-0.25, -0.2) is 9.78 Å². The van der Waals surface area contributed by atoms with Gasteiger partial charge in [0.2, 0.25) is 0 Å². The minimum atomic E-state index is -0.966. The van der Waals surface area contributed by atoms with E-state index in [0.717, 1.165) is 15.8 Å². The molecule has 0 bridgehead atoms. The Morgan fingerprint density at radius 3 is 3.00 bits per heavy atom. The van der Waals surface area contributed by atoms with E-state index in [2.05, 4.69) is 17.2 Å². The van der Waals surface area contributed by atoms with Crippen molar-refractivity contribution in [3.63, 3.8) is 0 Å². The number of nitrogens with one attached hydrogen (secondary N) is 1. The van der Waals surface area contributed by atoms with Gasteiger partial charge in [-0.15, -0.1) is 11.3 Å². The normalized spacial score (nSPS) is 17.3. The first-order chi connectivity index (χ1) is 9.07. The molecule has 2 aromatic heterocycles. The Kier molecular flexibility index (Phi) is 3.03. The van der Waals surface area contributed by atoms with Gasteiger partial charge in [-0.2, -0.15) is 0 Å². The number of hydrogen-bond acceptors (Lipinski definition) is 4. The standard InChI is InChI=1S/C14H16N2O2S/c1-14(4-2-5-14)15-8-9-7-11(13(17)18)16-12-10(9)3-6-19-12/h3,6-7,15H,2,4-5,8H2,1H3,(H,17,18). The van der Waals surface area contributed by atoms with Crippen molar-refractivity contribution in [2.75, 3.05) is 0 Å². The van der Waals surface area contributed by atoms with Crippen LogP contribution in [0.1, 0.15) is 42.2 Å². The Morgan fingerprint density at radius 1 is 1.58 bits per heavy atom. The predicted octanol–water partition coefficient (Wildman–Crippen LogP) is 3.03. The lowest BCUT2D eigenvalue weighted by Crippen LogP contribution is -2.47. The van der Waals surface area contributed by atoms with Gasteiger partial charge in [-0.3, -0.25) is 0 Å². The zero-order chi connectivity index (χ0) is 13.5. The van der Waals surface area contributed by atoms with Crippen LogP contribution in [0.2, 0.25) is 0 Å². The molecule has 1 fully saturated rings. The van der Waals surface area contributed by atoms with Gasteiger partial charge in [0.15, 0.2) is 0 Å². The number of rotatable bonds is 4. The summed E-state index contributed by atoms with van der Waals surface area (Å²) >= 11 is 1.48. The zero-order valence-electron chi connectivity index (χ0n) is 10.8. The second-order valence-corrected chi connectivity index (χ2v) is 6.27. The maximum Gasteiger partial charge on any atom is 0.354 e. The quantitative estimate of drug-likeness (QED) is 0.901. The first kappa shape index (κ1) is 12.6. The third-order valence-electron chi connectivity index (χ3n) is 3.91. The van der Waals surface area contributed by atoms with E-state index in [-0.39, 0.29) is 11.2 Å². The fourth-order valence-electron chi connectivity index (χ4n) is 2.47. The van der Waals surface area contributed by atoms with Crippen LogP contribution in [0.3, 0.4) is 0 Å². The molecule has 0 radical (unpaired) electrons. The van der Waals surface area contributed by atoms with Gasteiger partial charge in [-0.05, 0) is 49.3 Å². The monoisotopic (exact) mass is 276 g/mol. The molecule has 100 valence electrons. The van der Waals surface area contributed by atoms with E-state index < -0.39 is 5.97 Å². The molecule has 1 saturated carbocycles. The average molecular weight is 276 g/mol. The first-order valence-electron chi connectivity index (χ1n) is 6.43. The molecule has 5 heteroatoms. The molecule has 0 unspecified atom stereocenters. The highest BCUT2D eigenvalue weighted by molar-refractivity contribution is 7.16. The molecule has 4 nitrogen and oxygen atoms in total. The Balaban J connectivity index is 1.91. The number of hydrogen-bond donors (Lipinski definition) is 2. The average Bonchev–Trinajstić information content (AvgIpc) is 2.81. The number of nitrogens with zero attached hydrogens (tertiary/aromatic N) is 1. The summed E-state index contributed by atoms with van der Waals surface area (Å²) in [6, 6.07) is 3.70. The van der Waals surface area contributed by atoms with Crippen molar-refractivity contribution in [2.24, 2.45) is 0 Å². The second kappa shape index (κ2) is 4.58. The summed E-state index contributed by atoms with van der Waals surface area (Å²) in [6.07, 6.45) is 3.65. The highest BCUT2D eigenvalue weighted by atomic mass is 32.1. The van der Waals surface area contributed by atoms with E-state index in [9.17, 15) is 4.79 Å². The number of aromatic nitrogens is 1. The molecule has 2 N–H and O–H groups in total. The van der Waals surface area contributed by atoms with Gasteiger partial charge in [0.1, 0.15) is 10.5 Å². The van der Waals surface area contributed by atoms with Crippen molar-refractivity contribution in [3.05, 3.63) is 28.8 Å². The fourth-order valence-corrected chi connectivity index (χ4v) is 3.28. The zero-order valence-corrected chi connectivity index (χ0v) is 11.6. The van der Waals surface area contributed by atoms with Crippen LogP contribution in [0.15, 0.2) is 17.5 Å². The summed E-state index contributed by atoms with van der Waals surface area (Å²) in [5, 5.41) is 15.7. The molecule has 2 aromatic rings. The Morgan fingerprint density at radius 2 is 2.37 bits per heavy atom. The summed E-state index contributed by atoms with van der Waals surface area (Å²) in [5.41, 5.74) is 1.37. The van der Waals surface area contributed by atoms with E-state index >= 15 is 0 Å². The Hall–Kier alpha value is -1.46. The molecule has 1 aliphatic carbocycles. The molecular formula is C14H16N2O2S. The van der Waals surface area contributed by atoms with Crippen molar-refractivity contribution in [2.45, 2.75) is 38.3 Å². The lowest BCUT2D eigenvalue weighted by Gasteiger charge is -2.39. The van der Waals surface area contributed by atoms with Gasteiger partial charge >= 0.3 is 5.97 Å². The minimum Gasteiger partial charge on any atom is -0.477 e. The van der Waals surface area contributed by atoms with Crippen LogP contribution in [-0.2, 0) is 6.54 Å². The Bertz CT molecular complexity index is 631. The highest BCUT2D eigenvalue weighted by Crippen LogP contribution is 2.32. The van der Waals surface area contributed by atoms with Crippen molar-refractivity contribution < 1.29 is 9.90 Å². The molecule has 1 aliphatic rings. The lowest BCUT2D eigenvalue weighted by molar-refractivity contribution is 0.0691. The topological polar surface area (TPSA) is 62.2 Å². The minimum absolute atomic E-state index is 0.130. The van der Waals surface area contributed by atoms with Crippen LogP contribution in [-0.4, -0.2) is 21.6 Å². The number of fused-ring (bicyclic) bond motifs is 1.